The van der Waals surface area contributed by atoms with Gasteiger partial charge in [0.1, 0.15) is 5.76 Å². The second-order valence-electron chi connectivity index (χ2n) is 8.43. The van der Waals surface area contributed by atoms with Crippen molar-refractivity contribution in [3.05, 3.63) is 47.3 Å². The smallest absolute Gasteiger partial charge is 0.255 e. The van der Waals surface area contributed by atoms with Gasteiger partial charge in [-0.3, -0.25) is 14.4 Å². The van der Waals surface area contributed by atoms with Gasteiger partial charge in [-0.2, -0.15) is 0 Å². The highest BCUT2D eigenvalue weighted by atomic mass is 16.3. The van der Waals surface area contributed by atoms with Crippen LogP contribution in [0.25, 0.3) is 0 Å². The van der Waals surface area contributed by atoms with Gasteiger partial charge < -0.3 is 15.7 Å². The standard InChI is InChI=1S/C23H28N2O4/c26-20-14-8-4-6-12-18(14)24-22(28)16(20)10-2-1-3-11-17-21(27)15-9-5-7-13-19(15)25-23(17)29/h1-3,10-11,14-15,18-19,26H,4-9,12-13H2,(H,24,28)(H,25,29)/b3-1?,10-2?,17-11-. The average molecular weight is 396 g/mol. The van der Waals surface area contributed by atoms with Crippen LogP contribution in [0.15, 0.2) is 47.3 Å². The molecule has 0 aromatic rings. The Morgan fingerprint density at radius 1 is 0.759 bits per heavy atom. The fourth-order valence-electron chi connectivity index (χ4n) is 5.05. The zero-order valence-electron chi connectivity index (χ0n) is 16.5. The van der Waals surface area contributed by atoms with E-state index >= 15 is 0 Å². The predicted molar refractivity (Wildman–Crippen MR) is 109 cm³/mol. The van der Waals surface area contributed by atoms with Crippen LogP contribution in [0.5, 0.6) is 0 Å². The second-order valence-corrected chi connectivity index (χ2v) is 8.43. The first kappa shape index (κ1) is 19.7. The molecule has 154 valence electrons. The quantitative estimate of drug-likeness (QED) is 0.388. The van der Waals surface area contributed by atoms with E-state index in [0.717, 1.165) is 51.4 Å². The van der Waals surface area contributed by atoms with Gasteiger partial charge in [0.2, 0.25) is 0 Å². The number of amides is 2. The Hall–Kier alpha value is -2.63. The first-order chi connectivity index (χ1) is 14.1. The predicted octanol–water partition coefficient (Wildman–Crippen LogP) is 2.78. The number of allylic oxidation sites excluding steroid dienone is 4. The Bertz CT molecular complexity index is 836. The van der Waals surface area contributed by atoms with E-state index in [1.807, 2.05) is 0 Å². The van der Waals surface area contributed by atoms with Gasteiger partial charge in [0.05, 0.1) is 11.1 Å². The van der Waals surface area contributed by atoms with Crippen molar-refractivity contribution in [3.8, 4) is 0 Å². The summed E-state index contributed by atoms with van der Waals surface area (Å²) in [6, 6.07) is 0.0150. The third-order valence-corrected chi connectivity index (χ3v) is 6.63. The Kier molecular flexibility index (Phi) is 5.69. The van der Waals surface area contributed by atoms with Gasteiger partial charge in [0, 0.05) is 23.9 Å². The number of carbonyl (C=O) groups excluding carboxylic acids is 3. The Balaban J connectivity index is 1.44. The molecule has 4 rings (SSSR count). The largest absolute Gasteiger partial charge is 0.511 e. The van der Waals surface area contributed by atoms with Crippen molar-refractivity contribution in [1.82, 2.24) is 10.6 Å². The molecule has 6 heteroatoms. The van der Waals surface area contributed by atoms with Crippen LogP contribution in [-0.2, 0) is 14.4 Å². The van der Waals surface area contributed by atoms with Gasteiger partial charge >= 0.3 is 0 Å². The number of piperidine rings is 1. The van der Waals surface area contributed by atoms with Gasteiger partial charge in [-0.25, -0.2) is 0 Å². The second kappa shape index (κ2) is 8.39. The fourth-order valence-corrected chi connectivity index (χ4v) is 5.05. The SMILES string of the molecule is O=C1NC2CCCCC2C(O)=C1C=CC=C/C=C1\C(=O)NC2CCCCC2C1=O. The van der Waals surface area contributed by atoms with Gasteiger partial charge in [0.25, 0.3) is 11.8 Å². The van der Waals surface area contributed by atoms with Crippen LogP contribution in [0.2, 0.25) is 0 Å². The van der Waals surface area contributed by atoms with Crippen LogP contribution >= 0.6 is 0 Å². The van der Waals surface area contributed by atoms with Crippen molar-refractivity contribution in [3.63, 3.8) is 0 Å². The number of hydrogen-bond acceptors (Lipinski definition) is 4. The van der Waals surface area contributed by atoms with Crippen LogP contribution in [-0.4, -0.2) is 34.8 Å². The molecule has 0 aromatic carbocycles. The number of fused-ring (bicyclic) bond motifs is 2. The molecule has 6 nitrogen and oxygen atoms in total. The first-order valence-electron chi connectivity index (χ1n) is 10.7. The highest BCUT2D eigenvalue weighted by Gasteiger charge is 2.40. The maximum atomic E-state index is 12.6. The minimum Gasteiger partial charge on any atom is -0.511 e. The minimum atomic E-state index is -0.304. The lowest BCUT2D eigenvalue weighted by Gasteiger charge is -2.35. The number of aliphatic hydroxyl groups is 1. The molecule has 2 heterocycles. The highest BCUT2D eigenvalue weighted by molar-refractivity contribution is 6.22. The number of aliphatic hydroxyl groups excluding tert-OH is 1. The van der Waals surface area contributed by atoms with E-state index in [4.69, 9.17) is 0 Å². The molecule has 3 N–H and O–H groups in total. The molecule has 0 aromatic heterocycles. The number of hydrogen-bond donors (Lipinski definition) is 3. The zero-order valence-corrected chi connectivity index (χ0v) is 16.5. The molecule has 0 radical (unpaired) electrons. The molecular formula is C23H28N2O4. The Labute approximate surface area is 170 Å². The summed E-state index contributed by atoms with van der Waals surface area (Å²) >= 11 is 0. The van der Waals surface area contributed by atoms with Crippen LogP contribution in [0, 0.1) is 11.8 Å². The first-order valence-corrected chi connectivity index (χ1v) is 10.7. The topological polar surface area (TPSA) is 95.5 Å². The third-order valence-electron chi connectivity index (χ3n) is 6.63. The lowest BCUT2D eigenvalue weighted by Crippen LogP contribution is -2.52. The Morgan fingerprint density at radius 2 is 1.38 bits per heavy atom. The van der Waals surface area contributed by atoms with Crippen LogP contribution in [0.4, 0.5) is 0 Å². The summed E-state index contributed by atoms with van der Waals surface area (Å²) in [5.41, 5.74) is 0.488. The summed E-state index contributed by atoms with van der Waals surface area (Å²) in [4.78, 5) is 37.1. The molecule has 2 aliphatic heterocycles. The molecule has 2 saturated carbocycles. The summed E-state index contributed by atoms with van der Waals surface area (Å²) in [6.45, 7) is 0. The molecule has 0 bridgehead atoms. The summed E-state index contributed by atoms with van der Waals surface area (Å²) in [5, 5.41) is 16.5. The summed E-state index contributed by atoms with van der Waals surface area (Å²) in [7, 11) is 0. The molecule has 2 amide bonds. The van der Waals surface area contributed by atoms with Crippen molar-refractivity contribution in [2.45, 2.75) is 63.5 Å². The van der Waals surface area contributed by atoms with E-state index in [9.17, 15) is 19.5 Å². The van der Waals surface area contributed by atoms with E-state index in [0.29, 0.717) is 5.57 Å². The molecule has 1 saturated heterocycles. The molecule has 4 atom stereocenters. The number of nitrogens with one attached hydrogen (secondary N) is 2. The lowest BCUT2D eigenvalue weighted by atomic mass is 9.77. The van der Waals surface area contributed by atoms with Crippen molar-refractivity contribution in [2.24, 2.45) is 11.8 Å². The van der Waals surface area contributed by atoms with Crippen molar-refractivity contribution in [1.29, 1.82) is 0 Å². The van der Waals surface area contributed by atoms with Crippen molar-refractivity contribution >= 4 is 17.6 Å². The zero-order chi connectivity index (χ0) is 20.4. The number of carbonyl (C=O) groups is 3. The van der Waals surface area contributed by atoms with Crippen LogP contribution in [0.1, 0.15) is 51.4 Å². The molecular weight excluding hydrogens is 368 g/mol. The van der Waals surface area contributed by atoms with Crippen molar-refractivity contribution < 1.29 is 19.5 Å². The third kappa shape index (κ3) is 3.93. The molecule has 3 fully saturated rings. The molecule has 4 unspecified atom stereocenters. The van der Waals surface area contributed by atoms with E-state index < -0.39 is 0 Å². The normalized spacial score (nSPS) is 34.3. The number of ketones is 1. The minimum absolute atomic E-state index is 0.000747. The Morgan fingerprint density at radius 3 is 2.14 bits per heavy atom. The maximum absolute atomic E-state index is 12.6. The summed E-state index contributed by atoms with van der Waals surface area (Å²) in [6.07, 6.45) is 15.8. The highest BCUT2D eigenvalue weighted by Crippen LogP contribution is 2.34. The van der Waals surface area contributed by atoms with E-state index in [1.165, 1.54) is 0 Å². The lowest BCUT2D eigenvalue weighted by molar-refractivity contribution is -0.130. The number of rotatable bonds is 3. The van der Waals surface area contributed by atoms with Gasteiger partial charge in [-0.1, -0.05) is 43.9 Å². The fraction of sp³-hybridized carbons (Fsp3) is 0.522. The van der Waals surface area contributed by atoms with E-state index in [1.54, 1.807) is 30.4 Å². The number of Topliss-reactive ketones (excluding diaryl/α,β-unsaturated/α-hetero) is 1. The van der Waals surface area contributed by atoms with E-state index in [-0.39, 0.29) is 52.8 Å². The van der Waals surface area contributed by atoms with Gasteiger partial charge in [0.15, 0.2) is 5.78 Å². The van der Waals surface area contributed by atoms with Crippen LogP contribution in [0.3, 0.4) is 0 Å². The average Bonchev–Trinajstić information content (AvgIpc) is 2.72. The molecule has 0 spiro atoms. The summed E-state index contributed by atoms with van der Waals surface area (Å²) < 4.78 is 0. The van der Waals surface area contributed by atoms with E-state index in [2.05, 4.69) is 10.6 Å². The monoisotopic (exact) mass is 396 g/mol. The van der Waals surface area contributed by atoms with Gasteiger partial charge in [-0.05, 0) is 37.8 Å². The molecule has 4 aliphatic rings. The molecule has 2 aliphatic carbocycles. The van der Waals surface area contributed by atoms with Gasteiger partial charge in [-0.15, -0.1) is 0 Å². The maximum Gasteiger partial charge on any atom is 0.255 e. The molecule has 29 heavy (non-hydrogen) atoms. The van der Waals surface area contributed by atoms with Crippen LogP contribution < -0.4 is 10.6 Å². The summed E-state index contributed by atoms with van der Waals surface area (Å²) in [5.74, 6) is -0.553. The van der Waals surface area contributed by atoms with Crippen molar-refractivity contribution in [2.75, 3.05) is 0 Å².